The van der Waals surface area contributed by atoms with Crippen LogP contribution < -0.4 is 4.90 Å². The summed E-state index contributed by atoms with van der Waals surface area (Å²) in [7, 11) is 1.32. The summed E-state index contributed by atoms with van der Waals surface area (Å²) in [6.07, 6.45) is 4.58. The molecule has 1 aromatic rings. The van der Waals surface area contributed by atoms with Crippen LogP contribution in [0.2, 0.25) is 0 Å². The number of rotatable bonds is 5. The first-order valence-electron chi connectivity index (χ1n) is 6.97. The highest BCUT2D eigenvalue weighted by Gasteiger charge is 2.24. The summed E-state index contributed by atoms with van der Waals surface area (Å²) < 4.78 is 4.68. The predicted octanol–water partition coefficient (Wildman–Crippen LogP) is 1.31. The number of hydrogen-bond acceptors (Lipinski definition) is 6. The summed E-state index contributed by atoms with van der Waals surface area (Å²) in [5.74, 6) is 0.229. The van der Waals surface area contributed by atoms with E-state index >= 15 is 0 Å². The van der Waals surface area contributed by atoms with Crippen LogP contribution in [0.25, 0.3) is 0 Å². The Morgan fingerprint density at radius 2 is 2.15 bits per heavy atom. The number of carbonyl (C=O) groups is 1. The molecule has 1 fully saturated rings. The average molecular weight is 279 g/mol. The molecule has 0 amide bonds. The number of anilines is 1. The summed E-state index contributed by atoms with van der Waals surface area (Å²) >= 11 is 0. The van der Waals surface area contributed by atoms with Crippen molar-refractivity contribution in [2.45, 2.75) is 38.6 Å². The lowest BCUT2D eigenvalue weighted by Crippen LogP contribution is -2.36. The minimum Gasteiger partial charge on any atom is -0.463 e. The number of esters is 1. The van der Waals surface area contributed by atoms with Crippen LogP contribution in [0.1, 0.15) is 42.0 Å². The van der Waals surface area contributed by atoms with Crippen molar-refractivity contribution in [1.82, 2.24) is 9.97 Å². The second-order valence-electron chi connectivity index (χ2n) is 5.04. The molecule has 6 heteroatoms. The Morgan fingerprint density at radius 3 is 2.75 bits per heavy atom. The van der Waals surface area contributed by atoms with Crippen molar-refractivity contribution in [3.8, 4) is 0 Å². The molecule has 0 atom stereocenters. The Kier molecular flexibility index (Phi) is 4.89. The molecule has 2 rings (SSSR count). The van der Waals surface area contributed by atoms with Crippen molar-refractivity contribution < 1.29 is 14.6 Å². The average Bonchev–Trinajstić information content (AvgIpc) is 2.97. The second kappa shape index (κ2) is 6.65. The first-order valence-corrected chi connectivity index (χ1v) is 6.97. The maximum absolute atomic E-state index is 11.6. The molecule has 6 nitrogen and oxygen atoms in total. The van der Waals surface area contributed by atoms with E-state index in [4.69, 9.17) is 0 Å². The third kappa shape index (κ3) is 3.25. The van der Waals surface area contributed by atoms with E-state index in [0.717, 1.165) is 18.5 Å². The van der Waals surface area contributed by atoms with Gasteiger partial charge in [0.05, 0.1) is 13.7 Å². The Morgan fingerprint density at radius 1 is 1.45 bits per heavy atom. The van der Waals surface area contributed by atoms with Gasteiger partial charge in [0.25, 0.3) is 0 Å². The molecule has 0 spiro atoms. The van der Waals surface area contributed by atoms with Crippen LogP contribution in [0, 0.1) is 6.92 Å². The highest BCUT2D eigenvalue weighted by Crippen LogP contribution is 2.27. The van der Waals surface area contributed by atoms with Crippen molar-refractivity contribution in [3.05, 3.63) is 17.6 Å². The molecule has 1 aliphatic carbocycles. The molecule has 110 valence electrons. The molecule has 1 N–H and O–H groups in total. The van der Waals surface area contributed by atoms with E-state index in [1.165, 1.54) is 20.0 Å². The number of aliphatic hydroxyl groups excluding tert-OH is 1. The van der Waals surface area contributed by atoms with E-state index in [9.17, 15) is 9.90 Å². The van der Waals surface area contributed by atoms with E-state index in [1.54, 1.807) is 0 Å². The molecule has 20 heavy (non-hydrogen) atoms. The Balaban J connectivity index is 2.31. The maximum Gasteiger partial charge on any atom is 0.376 e. The van der Waals surface area contributed by atoms with Gasteiger partial charge in [0.2, 0.25) is 5.82 Å². The molecule has 0 radical (unpaired) electrons. The third-order valence-electron chi connectivity index (χ3n) is 3.61. The topological polar surface area (TPSA) is 75.5 Å². The number of methoxy groups -OCH3 is 1. The van der Waals surface area contributed by atoms with Crippen molar-refractivity contribution in [3.63, 3.8) is 0 Å². The van der Waals surface area contributed by atoms with Gasteiger partial charge >= 0.3 is 5.97 Å². The fraction of sp³-hybridized carbons (Fsp3) is 0.643. The van der Waals surface area contributed by atoms with Crippen LogP contribution >= 0.6 is 0 Å². The molecular formula is C14H21N3O3. The summed E-state index contributed by atoms with van der Waals surface area (Å²) in [4.78, 5) is 22.1. The summed E-state index contributed by atoms with van der Waals surface area (Å²) in [6.45, 7) is 2.40. The molecule has 1 heterocycles. The second-order valence-corrected chi connectivity index (χ2v) is 5.04. The number of aromatic nitrogens is 2. The van der Waals surface area contributed by atoms with Crippen molar-refractivity contribution >= 4 is 11.8 Å². The van der Waals surface area contributed by atoms with E-state index < -0.39 is 5.97 Å². The van der Waals surface area contributed by atoms with Gasteiger partial charge in [0, 0.05) is 24.3 Å². The lowest BCUT2D eigenvalue weighted by Gasteiger charge is -2.29. The van der Waals surface area contributed by atoms with Gasteiger partial charge in [-0.25, -0.2) is 14.8 Å². The van der Waals surface area contributed by atoms with Crippen LogP contribution in [0.5, 0.6) is 0 Å². The fourth-order valence-electron chi connectivity index (χ4n) is 2.69. The van der Waals surface area contributed by atoms with Crippen molar-refractivity contribution in [1.29, 1.82) is 0 Å². The zero-order valence-electron chi connectivity index (χ0n) is 12.0. The van der Waals surface area contributed by atoms with Gasteiger partial charge in [-0.2, -0.15) is 0 Å². The molecular weight excluding hydrogens is 258 g/mol. The van der Waals surface area contributed by atoms with Crippen LogP contribution in [0.4, 0.5) is 5.82 Å². The smallest absolute Gasteiger partial charge is 0.376 e. The first-order chi connectivity index (χ1) is 9.65. The number of aryl methyl sites for hydroxylation is 1. The Hall–Kier alpha value is -1.69. The lowest BCUT2D eigenvalue weighted by molar-refractivity contribution is 0.0586. The normalized spacial score (nSPS) is 15.3. The molecule has 0 aliphatic heterocycles. The molecule has 0 saturated heterocycles. The third-order valence-corrected chi connectivity index (χ3v) is 3.61. The summed E-state index contributed by atoms with van der Waals surface area (Å²) in [6, 6.07) is 2.22. The number of carbonyl (C=O) groups excluding carboxylic acids is 1. The minimum atomic E-state index is -0.537. The SMILES string of the molecule is COC(=O)c1nc(C)cc(N(CCO)C2CCCC2)n1. The van der Waals surface area contributed by atoms with Crippen molar-refractivity contribution in [2.75, 3.05) is 25.2 Å². The van der Waals surface area contributed by atoms with E-state index in [2.05, 4.69) is 19.6 Å². The van der Waals surface area contributed by atoms with Crippen LogP contribution in [0.3, 0.4) is 0 Å². The number of aliphatic hydroxyl groups is 1. The first kappa shape index (κ1) is 14.7. The Labute approximate surface area is 118 Å². The fourth-order valence-corrected chi connectivity index (χ4v) is 2.69. The van der Waals surface area contributed by atoms with Crippen LogP contribution in [-0.4, -0.2) is 47.3 Å². The van der Waals surface area contributed by atoms with Gasteiger partial charge < -0.3 is 14.7 Å². The number of nitrogens with zero attached hydrogens (tertiary/aromatic N) is 3. The quantitative estimate of drug-likeness (QED) is 0.819. The highest BCUT2D eigenvalue weighted by molar-refractivity contribution is 5.85. The lowest BCUT2D eigenvalue weighted by atomic mass is 10.2. The number of ether oxygens (including phenoxy) is 1. The van der Waals surface area contributed by atoms with Gasteiger partial charge in [0.15, 0.2) is 0 Å². The Bertz CT molecular complexity index is 473. The van der Waals surface area contributed by atoms with Crippen LogP contribution in [-0.2, 0) is 4.74 Å². The number of hydrogen-bond donors (Lipinski definition) is 1. The van der Waals surface area contributed by atoms with E-state index in [-0.39, 0.29) is 12.4 Å². The highest BCUT2D eigenvalue weighted by atomic mass is 16.5. The largest absolute Gasteiger partial charge is 0.463 e. The summed E-state index contributed by atoms with van der Waals surface area (Å²) in [5, 5.41) is 9.28. The van der Waals surface area contributed by atoms with E-state index in [1.807, 2.05) is 13.0 Å². The van der Waals surface area contributed by atoms with Gasteiger partial charge in [-0.1, -0.05) is 12.8 Å². The van der Waals surface area contributed by atoms with Gasteiger partial charge in [-0.3, -0.25) is 0 Å². The molecule has 0 aromatic carbocycles. The predicted molar refractivity (Wildman–Crippen MR) is 74.8 cm³/mol. The maximum atomic E-state index is 11.6. The zero-order chi connectivity index (χ0) is 14.5. The minimum absolute atomic E-state index is 0.0626. The molecule has 1 saturated carbocycles. The van der Waals surface area contributed by atoms with E-state index in [0.29, 0.717) is 18.4 Å². The monoisotopic (exact) mass is 279 g/mol. The molecule has 1 aromatic heterocycles. The molecule has 1 aliphatic rings. The molecule has 0 unspecified atom stereocenters. The van der Waals surface area contributed by atoms with Gasteiger partial charge in [-0.05, 0) is 19.8 Å². The molecule has 0 bridgehead atoms. The van der Waals surface area contributed by atoms with Crippen LogP contribution in [0.15, 0.2) is 6.07 Å². The van der Waals surface area contributed by atoms with Gasteiger partial charge in [0.1, 0.15) is 5.82 Å². The zero-order valence-corrected chi connectivity index (χ0v) is 12.0. The van der Waals surface area contributed by atoms with Gasteiger partial charge in [-0.15, -0.1) is 0 Å². The standard InChI is InChI=1S/C14H21N3O3/c1-10-9-12(16-13(15-10)14(19)20-2)17(7-8-18)11-5-3-4-6-11/h9,11,18H,3-8H2,1-2H3. The van der Waals surface area contributed by atoms with Crippen molar-refractivity contribution in [2.24, 2.45) is 0 Å². The summed E-state index contributed by atoms with van der Waals surface area (Å²) in [5.41, 5.74) is 0.719.